The van der Waals surface area contributed by atoms with Gasteiger partial charge < -0.3 is 9.84 Å². The second-order valence-corrected chi connectivity index (χ2v) is 6.48. The van der Waals surface area contributed by atoms with Crippen molar-refractivity contribution in [2.45, 2.75) is 13.8 Å². The van der Waals surface area contributed by atoms with Gasteiger partial charge in [0.15, 0.2) is 0 Å². The molecule has 0 bridgehead atoms. The normalized spacial score (nSPS) is 10.7. The van der Waals surface area contributed by atoms with E-state index in [1.165, 1.54) is 20.5 Å². The summed E-state index contributed by atoms with van der Waals surface area (Å²) in [7, 11) is 1.54. The van der Waals surface area contributed by atoms with Crippen molar-refractivity contribution in [3.05, 3.63) is 23.6 Å². The Balaban J connectivity index is 2.34. The lowest BCUT2D eigenvalue weighted by Crippen LogP contribution is -2.24. The van der Waals surface area contributed by atoms with E-state index in [1.54, 1.807) is 19.2 Å². The predicted molar refractivity (Wildman–Crippen MR) is 92.1 cm³/mol. The first-order valence-electron chi connectivity index (χ1n) is 6.26. The van der Waals surface area contributed by atoms with Gasteiger partial charge in [-0.1, -0.05) is 13.8 Å². The maximum atomic E-state index is 12.0. The number of ether oxygens (including phenoxy) is 1. The van der Waals surface area contributed by atoms with Gasteiger partial charge in [-0.15, -0.1) is 11.3 Å². The quantitative estimate of drug-likeness (QED) is 0.605. The molecule has 1 heterocycles. The molecule has 5 nitrogen and oxygen atoms in total. The summed E-state index contributed by atoms with van der Waals surface area (Å²) >= 11 is 3.36. The Labute approximate surface area is 141 Å². The van der Waals surface area contributed by atoms with Crippen LogP contribution in [0.3, 0.4) is 0 Å². The lowest BCUT2D eigenvalue weighted by molar-refractivity contribution is -0.119. The molecule has 1 aromatic heterocycles. The molecule has 1 amide bonds. The van der Waals surface area contributed by atoms with Crippen LogP contribution in [0.5, 0.6) is 11.5 Å². The van der Waals surface area contributed by atoms with E-state index in [2.05, 4.69) is 4.98 Å². The van der Waals surface area contributed by atoms with Gasteiger partial charge in [0.2, 0.25) is 11.0 Å². The molecule has 0 aliphatic heterocycles. The third-order valence-corrected chi connectivity index (χ3v) is 4.89. The van der Waals surface area contributed by atoms with Crippen LogP contribution in [0.4, 0.5) is 5.13 Å². The van der Waals surface area contributed by atoms with Crippen molar-refractivity contribution >= 4 is 45.2 Å². The van der Waals surface area contributed by atoms with E-state index in [9.17, 15) is 9.90 Å². The van der Waals surface area contributed by atoms with Crippen LogP contribution in [0.25, 0.3) is 11.3 Å². The number of phenols is 1. The minimum atomic E-state index is -0.0857. The first-order chi connectivity index (χ1) is 9.93. The molecule has 0 atom stereocenters. The molecule has 0 spiro atoms. The molecule has 0 saturated carbocycles. The number of benzene rings is 1. The van der Waals surface area contributed by atoms with Gasteiger partial charge in [0.05, 0.1) is 35.7 Å². The first kappa shape index (κ1) is 16.0. The Hall–Kier alpha value is -1.35. The Kier molecular flexibility index (Phi) is 5.04. The number of halogens is 1. The smallest absolute Gasteiger partial charge is 0.240 e. The average molecular weight is 418 g/mol. The van der Waals surface area contributed by atoms with E-state index in [0.717, 1.165) is 5.56 Å². The summed E-state index contributed by atoms with van der Waals surface area (Å²) in [6.07, 6.45) is 0. The van der Waals surface area contributed by atoms with Crippen molar-refractivity contribution in [2.75, 3.05) is 10.2 Å². The summed E-state index contributed by atoms with van der Waals surface area (Å²) in [4.78, 5) is 16.5. The highest BCUT2D eigenvalue weighted by atomic mass is 127. The van der Waals surface area contributed by atoms with Crippen molar-refractivity contribution < 1.29 is 14.6 Å². The topological polar surface area (TPSA) is 62.7 Å². The number of phenolic OH excluding ortho intramolecular Hbond substituents is 1. The molecule has 0 radical (unpaired) electrons. The van der Waals surface area contributed by atoms with E-state index in [4.69, 9.17) is 4.74 Å². The fourth-order valence-electron chi connectivity index (χ4n) is 1.69. The van der Waals surface area contributed by atoms with Crippen LogP contribution in [0.15, 0.2) is 23.6 Å². The van der Waals surface area contributed by atoms with E-state index in [1.807, 2.05) is 42.1 Å². The van der Waals surface area contributed by atoms with Crippen molar-refractivity contribution in [3.63, 3.8) is 0 Å². The van der Waals surface area contributed by atoms with Crippen molar-refractivity contribution in [1.29, 1.82) is 0 Å². The largest absolute Gasteiger partial charge is 0.508 e. The van der Waals surface area contributed by atoms with Crippen LogP contribution in [0.1, 0.15) is 13.8 Å². The summed E-state index contributed by atoms with van der Waals surface area (Å²) in [6, 6.07) is 4.86. The lowest BCUT2D eigenvalue weighted by atomic mass is 10.1. The van der Waals surface area contributed by atoms with Gasteiger partial charge in [0.1, 0.15) is 11.5 Å². The fraction of sp³-hybridized carbons (Fsp3) is 0.286. The number of carbonyl (C=O) groups is 1. The maximum absolute atomic E-state index is 12.0. The molecule has 0 aliphatic rings. The van der Waals surface area contributed by atoms with Gasteiger partial charge in [-0.05, 0) is 12.1 Å². The van der Waals surface area contributed by atoms with Crippen molar-refractivity contribution in [1.82, 2.24) is 4.98 Å². The minimum Gasteiger partial charge on any atom is -0.508 e. The number of methoxy groups -OCH3 is 1. The molecule has 0 unspecified atom stereocenters. The van der Waals surface area contributed by atoms with Gasteiger partial charge in [-0.3, -0.25) is 4.79 Å². The summed E-state index contributed by atoms with van der Waals surface area (Å²) in [6.45, 7) is 3.71. The van der Waals surface area contributed by atoms with E-state index in [-0.39, 0.29) is 17.6 Å². The molecule has 0 aliphatic carbocycles. The summed E-state index contributed by atoms with van der Waals surface area (Å²) in [5.74, 6) is 0.602. The van der Waals surface area contributed by atoms with Gasteiger partial charge in [-0.25, -0.2) is 8.10 Å². The van der Waals surface area contributed by atoms with Crippen LogP contribution >= 0.6 is 34.2 Å². The standard InChI is InChI=1S/C14H15IN2O3S/c1-8(2)13(19)17(15)14-16-11(7-21-14)10-5-4-9(18)6-12(10)20-3/h4-8,18H,1-3H3. The molecule has 7 heteroatoms. The zero-order chi connectivity index (χ0) is 15.6. The number of hydrogen-bond acceptors (Lipinski definition) is 5. The van der Waals surface area contributed by atoms with Crippen LogP contribution < -0.4 is 7.85 Å². The monoisotopic (exact) mass is 418 g/mol. The summed E-state index contributed by atoms with van der Waals surface area (Å²) in [5.41, 5.74) is 1.49. The number of rotatable bonds is 4. The molecule has 0 fully saturated rings. The van der Waals surface area contributed by atoms with E-state index >= 15 is 0 Å². The van der Waals surface area contributed by atoms with Gasteiger partial charge in [0.25, 0.3) is 0 Å². The van der Waals surface area contributed by atoms with Gasteiger partial charge in [-0.2, -0.15) is 0 Å². The summed E-state index contributed by atoms with van der Waals surface area (Å²) in [5, 5.41) is 12.0. The number of nitrogens with zero attached hydrogens (tertiary/aromatic N) is 2. The summed E-state index contributed by atoms with van der Waals surface area (Å²) < 4.78 is 6.79. The Bertz CT molecular complexity index is 657. The number of hydrogen-bond donors (Lipinski definition) is 1. The third kappa shape index (κ3) is 3.46. The molecule has 2 rings (SSSR count). The molecule has 112 valence electrons. The highest BCUT2D eigenvalue weighted by Crippen LogP contribution is 2.36. The first-order valence-corrected chi connectivity index (χ1v) is 8.11. The van der Waals surface area contributed by atoms with Crippen molar-refractivity contribution in [3.8, 4) is 22.8 Å². The SMILES string of the molecule is COc1cc(O)ccc1-c1csc(N(I)C(=O)C(C)C)n1. The second-order valence-electron chi connectivity index (χ2n) is 4.67. The lowest BCUT2D eigenvalue weighted by Gasteiger charge is -2.13. The molecule has 0 saturated heterocycles. The predicted octanol–water partition coefficient (Wildman–Crippen LogP) is 3.86. The highest BCUT2D eigenvalue weighted by molar-refractivity contribution is 14.1. The molecular weight excluding hydrogens is 403 g/mol. The van der Waals surface area contributed by atoms with Gasteiger partial charge in [0, 0.05) is 22.9 Å². The second kappa shape index (κ2) is 6.61. The minimum absolute atomic E-state index is 0.00849. The molecule has 2 aromatic rings. The molecule has 21 heavy (non-hydrogen) atoms. The number of anilines is 1. The zero-order valence-corrected chi connectivity index (χ0v) is 14.8. The Morgan fingerprint density at radius 2 is 2.19 bits per heavy atom. The third-order valence-electron chi connectivity index (χ3n) is 2.81. The zero-order valence-electron chi connectivity index (χ0n) is 11.8. The van der Waals surface area contributed by atoms with Crippen LogP contribution in [0.2, 0.25) is 0 Å². The van der Waals surface area contributed by atoms with Crippen molar-refractivity contribution in [2.24, 2.45) is 5.92 Å². The maximum Gasteiger partial charge on any atom is 0.240 e. The van der Waals surface area contributed by atoms with E-state index < -0.39 is 0 Å². The van der Waals surface area contributed by atoms with E-state index in [0.29, 0.717) is 16.6 Å². The average Bonchev–Trinajstić information content (AvgIpc) is 2.94. The number of carbonyl (C=O) groups excluding carboxylic acids is 1. The van der Waals surface area contributed by atoms with Gasteiger partial charge >= 0.3 is 0 Å². The molecule has 1 N–H and O–H groups in total. The van der Waals surface area contributed by atoms with Crippen LogP contribution in [-0.4, -0.2) is 23.1 Å². The highest BCUT2D eigenvalue weighted by Gasteiger charge is 2.20. The number of thiazole rings is 1. The Morgan fingerprint density at radius 3 is 2.81 bits per heavy atom. The number of amides is 1. The molecule has 1 aromatic carbocycles. The number of aromatic nitrogens is 1. The Morgan fingerprint density at radius 1 is 1.48 bits per heavy atom. The van der Waals surface area contributed by atoms with Crippen LogP contribution in [-0.2, 0) is 4.79 Å². The molecular formula is C14H15IN2O3S. The fourth-order valence-corrected chi connectivity index (χ4v) is 3.43. The van der Waals surface area contributed by atoms with Crippen LogP contribution in [0, 0.1) is 5.92 Å². The number of aromatic hydroxyl groups is 1.